The van der Waals surface area contributed by atoms with E-state index >= 15 is 0 Å². The van der Waals surface area contributed by atoms with Crippen molar-refractivity contribution in [3.63, 3.8) is 0 Å². The van der Waals surface area contributed by atoms with Crippen molar-refractivity contribution in [3.8, 4) is 11.5 Å². The van der Waals surface area contributed by atoms with Gasteiger partial charge in [-0.2, -0.15) is 0 Å². The largest absolute Gasteiger partial charge is 0.495 e. The Morgan fingerprint density at radius 3 is 2.33 bits per heavy atom. The van der Waals surface area contributed by atoms with Gasteiger partial charge in [-0.25, -0.2) is 0 Å². The Kier molecular flexibility index (Phi) is 5.51. The summed E-state index contributed by atoms with van der Waals surface area (Å²) in [5, 5.41) is 11.1. The first-order valence-electron chi connectivity index (χ1n) is 6.39. The van der Waals surface area contributed by atoms with E-state index in [1.807, 2.05) is 30.3 Å². The number of hydrogen-bond donors (Lipinski definition) is 1. The Labute approximate surface area is 137 Å². The number of rotatable bonds is 5. The number of aliphatic hydroxyl groups is 1. The lowest BCUT2D eigenvalue weighted by molar-refractivity contribution is 0.173. The Bertz CT molecular complexity index is 614. The second kappa shape index (κ2) is 7.16. The third-order valence-electron chi connectivity index (χ3n) is 3.22. The maximum absolute atomic E-state index is 10.5. The zero-order chi connectivity index (χ0) is 15.4. The third-order valence-corrected chi connectivity index (χ3v) is 4.22. The van der Waals surface area contributed by atoms with Gasteiger partial charge in [0.05, 0.1) is 20.3 Å². The van der Waals surface area contributed by atoms with Gasteiger partial charge in [0.1, 0.15) is 16.0 Å². The molecule has 0 fully saturated rings. The Hall–Kier alpha value is -1.23. The SMILES string of the molecule is COc1ccc(C(O)Cc2ccc(Cl)cc2)c(OC)c1Br. The first-order valence-corrected chi connectivity index (χ1v) is 7.56. The molecule has 5 heteroatoms. The fraction of sp³-hybridized carbons (Fsp3) is 0.250. The summed E-state index contributed by atoms with van der Waals surface area (Å²) in [5.74, 6) is 1.24. The molecule has 0 aliphatic carbocycles. The monoisotopic (exact) mass is 370 g/mol. The number of halogens is 2. The van der Waals surface area contributed by atoms with E-state index in [4.69, 9.17) is 21.1 Å². The van der Waals surface area contributed by atoms with Crippen LogP contribution in [0.15, 0.2) is 40.9 Å². The second-order valence-electron chi connectivity index (χ2n) is 4.55. The van der Waals surface area contributed by atoms with Gasteiger partial charge in [0.15, 0.2) is 0 Å². The first-order chi connectivity index (χ1) is 10.1. The van der Waals surface area contributed by atoms with Crippen molar-refractivity contribution in [2.75, 3.05) is 14.2 Å². The third kappa shape index (κ3) is 3.70. The fourth-order valence-corrected chi connectivity index (χ4v) is 2.94. The summed E-state index contributed by atoms with van der Waals surface area (Å²) in [6.45, 7) is 0. The molecule has 112 valence electrons. The van der Waals surface area contributed by atoms with Crippen molar-refractivity contribution < 1.29 is 14.6 Å². The van der Waals surface area contributed by atoms with Crippen molar-refractivity contribution in [3.05, 3.63) is 57.0 Å². The van der Waals surface area contributed by atoms with E-state index in [1.54, 1.807) is 20.3 Å². The molecular weight excluding hydrogens is 356 g/mol. The van der Waals surface area contributed by atoms with Gasteiger partial charge in [-0.3, -0.25) is 0 Å². The molecule has 0 heterocycles. The van der Waals surface area contributed by atoms with Crippen molar-refractivity contribution in [1.29, 1.82) is 0 Å². The van der Waals surface area contributed by atoms with E-state index in [2.05, 4.69) is 15.9 Å². The van der Waals surface area contributed by atoms with Gasteiger partial charge in [-0.15, -0.1) is 0 Å². The van der Waals surface area contributed by atoms with E-state index in [1.165, 1.54) is 0 Å². The average molecular weight is 372 g/mol. The number of benzene rings is 2. The van der Waals surface area contributed by atoms with E-state index in [0.717, 1.165) is 5.56 Å². The molecule has 2 rings (SSSR count). The summed E-state index contributed by atoms with van der Waals surface area (Å²) in [6, 6.07) is 11.0. The molecule has 1 unspecified atom stereocenters. The number of hydrogen-bond acceptors (Lipinski definition) is 3. The Morgan fingerprint density at radius 1 is 1.10 bits per heavy atom. The molecule has 1 N–H and O–H groups in total. The summed E-state index contributed by atoms with van der Waals surface area (Å²) >= 11 is 9.30. The van der Waals surface area contributed by atoms with Crippen LogP contribution in [0, 0.1) is 0 Å². The maximum atomic E-state index is 10.5. The highest BCUT2D eigenvalue weighted by molar-refractivity contribution is 9.10. The van der Waals surface area contributed by atoms with Crippen LogP contribution in [-0.4, -0.2) is 19.3 Å². The van der Waals surface area contributed by atoms with Crippen LogP contribution in [0.2, 0.25) is 5.02 Å². The topological polar surface area (TPSA) is 38.7 Å². The van der Waals surface area contributed by atoms with Crippen LogP contribution in [-0.2, 0) is 6.42 Å². The molecule has 3 nitrogen and oxygen atoms in total. The highest BCUT2D eigenvalue weighted by atomic mass is 79.9. The quantitative estimate of drug-likeness (QED) is 0.847. The number of ether oxygens (including phenoxy) is 2. The normalized spacial score (nSPS) is 12.0. The fourth-order valence-electron chi connectivity index (χ4n) is 2.13. The lowest BCUT2D eigenvalue weighted by atomic mass is 10.0. The molecular formula is C16H16BrClO3. The minimum atomic E-state index is -0.677. The molecule has 0 aliphatic rings. The molecule has 0 aliphatic heterocycles. The van der Waals surface area contributed by atoms with Gasteiger partial charge >= 0.3 is 0 Å². The van der Waals surface area contributed by atoms with Crippen LogP contribution in [0.3, 0.4) is 0 Å². The number of methoxy groups -OCH3 is 2. The second-order valence-corrected chi connectivity index (χ2v) is 5.78. The van der Waals surface area contributed by atoms with Gasteiger partial charge in [0.2, 0.25) is 0 Å². The summed E-state index contributed by atoms with van der Waals surface area (Å²) < 4.78 is 11.3. The zero-order valence-corrected chi connectivity index (χ0v) is 14.1. The summed E-state index contributed by atoms with van der Waals surface area (Å²) in [5.41, 5.74) is 1.71. The minimum Gasteiger partial charge on any atom is -0.495 e. The Morgan fingerprint density at radius 2 is 1.76 bits per heavy atom. The maximum Gasteiger partial charge on any atom is 0.142 e. The van der Waals surface area contributed by atoms with Gasteiger partial charge in [0.25, 0.3) is 0 Å². The molecule has 0 radical (unpaired) electrons. The molecule has 0 saturated heterocycles. The van der Waals surface area contributed by atoms with E-state index < -0.39 is 6.10 Å². The van der Waals surface area contributed by atoms with Gasteiger partial charge in [-0.1, -0.05) is 23.7 Å². The van der Waals surface area contributed by atoms with Gasteiger partial charge in [0, 0.05) is 17.0 Å². The van der Waals surface area contributed by atoms with Crippen LogP contribution in [0.4, 0.5) is 0 Å². The lowest BCUT2D eigenvalue weighted by Crippen LogP contribution is -2.05. The first kappa shape index (κ1) is 16.1. The van der Waals surface area contributed by atoms with Crippen molar-refractivity contribution in [1.82, 2.24) is 0 Å². The summed E-state index contributed by atoms with van der Waals surface area (Å²) in [6.07, 6.45) is -0.199. The van der Waals surface area contributed by atoms with E-state index in [9.17, 15) is 5.11 Å². The lowest BCUT2D eigenvalue weighted by Gasteiger charge is -2.17. The predicted octanol–water partition coefficient (Wildman–Crippen LogP) is 4.40. The van der Waals surface area contributed by atoms with Crippen LogP contribution in [0.5, 0.6) is 11.5 Å². The molecule has 0 amide bonds. The molecule has 2 aromatic carbocycles. The average Bonchev–Trinajstić information content (AvgIpc) is 2.49. The van der Waals surface area contributed by atoms with E-state index in [-0.39, 0.29) is 0 Å². The highest BCUT2D eigenvalue weighted by Gasteiger charge is 2.19. The van der Waals surface area contributed by atoms with Crippen molar-refractivity contribution >= 4 is 27.5 Å². The van der Waals surface area contributed by atoms with Crippen molar-refractivity contribution in [2.45, 2.75) is 12.5 Å². The molecule has 0 spiro atoms. The smallest absolute Gasteiger partial charge is 0.142 e. The standard InChI is InChI=1S/C16H16BrClO3/c1-20-14-8-7-12(16(21-2)15(14)17)13(19)9-10-3-5-11(18)6-4-10/h3-8,13,19H,9H2,1-2H3. The molecule has 2 aromatic rings. The minimum absolute atomic E-state index is 0.478. The van der Waals surface area contributed by atoms with Gasteiger partial charge in [-0.05, 0) is 45.8 Å². The van der Waals surface area contributed by atoms with Crippen LogP contribution in [0.25, 0.3) is 0 Å². The zero-order valence-electron chi connectivity index (χ0n) is 11.8. The molecule has 0 saturated carbocycles. The molecule has 1 atom stereocenters. The van der Waals surface area contributed by atoms with Crippen LogP contribution < -0.4 is 9.47 Å². The molecule has 0 aromatic heterocycles. The van der Waals surface area contributed by atoms with Crippen LogP contribution in [0.1, 0.15) is 17.2 Å². The van der Waals surface area contributed by atoms with E-state index in [0.29, 0.717) is 33.0 Å². The number of aliphatic hydroxyl groups excluding tert-OH is 1. The molecule has 21 heavy (non-hydrogen) atoms. The Balaban J connectivity index is 2.28. The molecule has 0 bridgehead atoms. The summed E-state index contributed by atoms with van der Waals surface area (Å²) in [7, 11) is 3.15. The van der Waals surface area contributed by atoms with Crippen LogP contribution >= 0.6 is 27.5 Å². The summed E-state index contributed by atoms with van der Waals surface area (Å²) in [4.78, 5) is 0. The highest BCUT2D eigenvalue weighted by Crippen LogP contribution is 2.40. The van der Waals surface area contributed by atoms with Gasteiger partial charge < -0.3 is 14.6 Å². The van der Waals surface area contributed by atoms with Crippen molar-refractivity contribution in [2.24, 2.45) is 0 Å². The predicted molar refractivity (Wildman–Crippen MR) is 87.4 cm³/mol.